The van der Waals surface area contributed by atoms with Crippen molar-refractivity contribution in [1.82, 2.24) is 0 Å². The molecule has 0 unspecified atom stereocenters. The van der Waals surface area contributed by atoms with Gasteiger partial charge < -0.3 is 21.1 Å². The highest BCUT2D eigenvalue weighted by Gasteiger charge is 2.26. The molecule has 0 spiro atoms. The Balaban J connectivity index is 1.98. The standard InChI is InChI=1S/C20H19N3O3S/c1-2-26-20(25)17-16(21)15(18(24)22-13-9-5-3-6-10-13)19(27-17)23-14-11-7-4-8-12-14/h3-12,23H,2,21H2,1H3,(H,22,24). The van der Waals surface area contributed by atoms with Gasteiger partial charge in [-0.1, -0.05) is 36.4 Å². The van der Waals surface area contributed by atoms with Crippen molar-refractivity contribution in [3.05, 3.63) is 71.1 Å². The number of esters is 1. The molecule has 0 aliphatic rings. The van der Waals surface area contributed by atoms with Crippen LogP contribution in [0.4, 0.5) is 22.1 Å². The zero-order chi connectivity index (χ0) is 19.2. The fourth-order valence-corrected chi connectivity index (χ4v) is 3.51. The number of nitrogens with one attached hydrogen (secondary N) is 2. The van der Waals surface area contributed by atoms with E-state index in [2.05, 4.69) is 10.6 Å². The van der Waals surface area contributed by atoms with E-state index in [0.29, 0.717) is 10.7 Å². The van der Waals surface area contributed by atoms with E-state index in [0.717, 1.165) is 17.0 Å². The number of benzene rings is 2. The van der Waals surface area contributed by atoms with E-state index < -0.39 is 11.9 Å². The van der Waals surface area contributed by atoms with Crippen molar-refractivity contribution in [3.63, 3.8) is 0 Å². The fraction of sp³-hybridized carbons (Fsp3) is 0.100. The molecule has 0 bridgehead atoms. The first-order valence-corrected chi connectivity index (χ1v) is 9.19. The van der Waals surface area contributed by atoms with Gasteiger partial charge in [0, 0.05) is 11.4 Å². The van der Waals surface area contributed by atoms with Crippen molar-refractivity contribution in [2.45, 2.75) is 6.92 Å². The highest BCUT2D eigenvalue weighted by atomic mass is 32.1. The summed E-state index contributed by atoms with van der Waals surface area (Å²) in [6.45, 7) is 1.94. The number of ether oxygens (including phenoxy) is 1. The van der Waals surface area contributed by atoms with Gasteiger partial charge in [-0.2, -0.15) is 0 Å². The Morgan fingerprint density at radius 1 is 1.00 bits per heavy atom. The number of hydrogen-bond acceptors (Lipinski definition) is 6. The molecule has 0 radical (unpaired) electrons. The van der Waals surface area contributed by atoms with Crippen LogP contribution in [-0.2, 0) is 4.74 Å². The Kier molecular flexibility index (Phi) is 5.73. The Labute approximate surface area is 161 Å². The Bertz CT molecular complexity index is 940. The molecule has 0 aliphatic heterocycles. The van der Waals surface area contributed by atoms with Crippen LogP contribution in [0, 0.1) is 0 Å². The first-order chi connectivity index (χ1) is 13.1. The van der Waals surface area contributed by atoms with Crippen molar-refractivity contribution in [2.24, 2.45) is 0 Å². The molecule has 3 aromatic rings. The molecule has 0 fully saturated rings. The van der Waals surface area contributed by atoms with Crippen molar-refractivity contribution < 1.29 is 14.3 Å². The summed E-state index contributed by atoms with van der Waals surface area (Å²) in [7, 11) is 0. The first kappa shape index (κ1) is 18.5. The molecule has 2 aromatic carbocycles. The predicted molar refractivity (Wildman–Crippen MR) is 109 cm³/mol. The molecule has 0 aliphatic carbocycles. The lowest BCUT2D eigenvalue weighted by molar-refractivity contribution is 0.0533. The third-order valence-electron chi connectivity index (χ3n) is 3.70. The van der Waals surface area contributed by atoms with Gasteiger partial charge in [0.15, 0.2) is 0 Å². The minimum atomic E-state index is -0.546. The van der Waals surface area contributed by atoms with E-state index >= 15 is 0 Å². The number of carbonyl (C=O) groups is 2. The third-order valence-corrected chi connectivity index (χ3v) is 4.80. The van der Waals surface area contributed by atoms with Gasteiger partial charge >= 0.3 is 5.97 Å². The van der Waals surface area contributed by atoms with Gasteiger partial charge in [0.1, 0.15) is 9.88 Å². The maximum atomic E-state index is 12.9. The number of hydrogen-bond donors (Lipinski definition) is 3. The molecule has 1 heterocycles. The summed E-state index contributed by atoms with van der Waals surface area (Å²) in [4.78, 5) is 25.3. The van der Waals surface area contributed by atoms with Crippen LogP contribution in [-0.4, -0.2) is 18.5 Å². The number of nitrogen functional groups attached to an aromatic ring is 1. The molecule has 0 saturated carbocycles. The summed E-state index contributed by atoms with van der Waals surface area (Å²) in [6.07, 6.45) is 0. The van der Waals surface area contributed by atoms with E-state index in [-0.39, 0.29) is 22.7 Å². The summed E-state index contributed by atoms with van der Waals surface area (Å²) in [5.74, 6) is -0.946. The predicted octanol–water partition coefficient (Wildman–Crippen LogP) is 4.50. The second-order valence-corrected chi connectivity index (χ2v) is 6.60. The lowest BCUT2D eigenvalue weighted by atomic mass is 10.2. The van der Waals surface area contributed by atoms with Crippen molar-refractivity contribution >= 4 is 45.3 Å². The van der Waals surface area contributed by atoms with E-state index in [1.54, 1.807) is 19.1 Å². The second-order valence-electron chi connectivity index (χ2n) is 5.58. The molecule has 27 heavy (non-hydrogen) atoms. The Morgan fingerprint density at radius 3 is 2.19 bits per heavy atom. The minimum Gasteiger partial charge on any atom is -0.462 e. The average Bonchev–Trinajstić information content (AvgIpc) is 2.99. The number of amides is 1. The SMILES string of the molecule is CCOC(=O)c1sc(Nc2ccccc2)c(C(=O)Nc2ccccc2)c1N. The molecular weight excluding hydrogens is 362 g/mol. The minimum absolute atomic E-state index is 0.102. The van der Waals surface area contributed by atoms with Crippen LogP contribution < -0.4 is 16.4 Å². The maximum absolute atomic E-state index is 12.9. The molecule has 0 saturated heterocycles. The number of nitrogens with two attached hydrogens (primary N) is 1. The largest absolute Gasteiger partial charge is 0.462 e. The molecule has 4 N–H and O–H groups in total. The molecule has 1 amide bonds. The molecule has 6 nitrogen and oxygen atoms in total. The zero-order valence-corrected chi connectivity index (χ0v) is 15.5. The van der Waals surface area contributed by atoms with Gasteiger partial charge in [0.25, 0.3) is 5.91 Å². The Hall–Kier alpha value is -3.32. The van der Waals surface area contributed by atoms with Crippen LogP contribution in [0.3, 0.4) is 0 Å². The molecule has 1 aromatic heterocycles. The highest BCUT2D eigenvalue weighted by Crippen LogP contribution is 2.38. The van der Waals surface area contributed by atoms with Crippen LogP contribution in [0.5, 0.6) is 0 Å². The maximum Gasteiger partial charge on any atom is 0.350 e. The molecule has 3 rings (SSSR count). The zero-order valence-electron chi connectivity index (χ0n) is 14.7. The fourth-order valence-electron chi connectivity index (χ4n) is 2.47. The number of thiophene rings is 1. The molecular formula is C20H19N3O3S. The lowest BCUT2D eigenvalue weighted by Gasteiger charge is -2.09. The average molecular weight is 381 g/mol. The van der Waals surface area contributed by atoms with Gasteiger partial charge in [0.05, 0.1) is 17.9 Å². The Morgan fingerprint density at radius 2 is 1.59 bits per heavy atom. The van der Waals surface area contributed by atoms with Crippen LogP contribution in [0.2, 0.25) is 0 Å². The second kappa shape index (κ2) is 8.37. The normalized spacial score (nSPS) is 10.3. The molecule has 138 valence electrons. The summed E-state index contributed by atoms with van der Waals surface area (Å²) in [5.41, 5.74) is 7.89. The topological polar surface area (TPSA) is 93.4 Å². The van der Waals surface area contributed by atoms with E-state index in [1.807, 2.05) is 48.5 Å². The van der Waals surface area contributed by atoms with E-state index in [4.69, 9.17) is 10.5 Å². The van der Waals surface area contributed by atoms with Crippen LogP contribution >= 0.6 is 11.3 Å². The highest BCUT2D eigenvalue weighted by molar-refractivity contribution is 7.19. The smallest absolute Gasteiger partial charge is 0.350 e. The van der Waals surface area contributed by atoms with Crippen molar-refractivity contribution in [1.29, 1.82) is 0 Å². The van der Waals surface area contributed by atoms with Gasteiger partial charge in [-0.3, -0.25) is 4.79 Å². The van der Waals surface area contributed by atoms with Crippen LogP contribution in [0.15, 0.2) is 60.7 Å². The monoisotopic (exact) mass is 381 g/mol. The van der Waals surface area contributed by atoms with Crippen LogP contribution in [0.25, 0.3) is 0 Å². The van der Waals surface area contributed by atoms with Crippen LogP contribution in [0.1, 0.15) is 27.0 Å². The quantitative estimate of drug-likeness (QED) is 0.547. The van der Waals surface area contributed by atoms with Gasteiger partial charge in [-0.25, -0.2) is 4.79 Å². The molecule has 7 heteroatoms. The number of anilines is 4. The molecule has 0 atom stereocenters. The number of para-hydroxylation sites is 2. The summed E-state index contributed by atoms with van der Waals surface area (Å²) >= 11 is 1.10. The summed E-state index contributed by atoms with van der Waals surface area (Å²) in [6, 6.07) is 18.4. The van der Waals surface area contributed by atoms with Crippen molar-refractivity contribution in [2.75, 3.05) is 23.0 Å². The number of carbonyl (C=O) groups excluding carboxylic acids is 2. The first-order valence-electron chi connectivity index (χ1n) is 8.38. The van der Waals surface area contributed by atoms with Gasteiger partial charge in [-0.15, -0.1) is 11.3 Å². The van der Waals surface area contributed by atoms with Crippen molar-refractivity contribution in [3.8, 4) is 0 Å². The summed E-state index contributed by atoms with van der Waals surface area (Å²) < 4.78 is 5.06. The van der Waals surface area contributed by atoms with E-state index in [1.165, 1.54) is 0 Å². The lowest BCUT2D eigenvalue weighted by Crippen LogP contribution is -2.15. The van der Waals surface area contributed by atoms with Gasteiger partial charge in [0.2, 0.25) is 0 Å². The van der Waals surface area contributed by atoms with E-state index in [9.17, 15) is 9.59 Å². The summed E-state index contributed by atoms with van der Waals surface area (Å²) in [5, 5.41) is 6.45. The number of rotatable bonds is 6. The third kappa shape index (κ3) is 4.27. The van der Waals surface area contributed by atoms with Gasteiger partial charge in [-0.05, 0) is 31.2 Å².